The van der Waals surface area contributed by atoms with E-state index >= 15 is 0 Å². The van der Waals surface area contributed by atoms with Gasteiger partial charge in [-0.05, 0) is 41.5 Å². The fourth-order valence-electron chi connectivity index (χ4n) is 2.38. The van der Waals surface area contributed by atoms with E-state index in [1.807, 2.05) is 30.5 Å². The van der Waals surface area contributed by atoms with Crippen molar-refractivity contribution in [3.05, 3.63) is 53.7 Å². The van der Waals surface area contributed by atoms with E-state index in [9.17, 15) is 9.59 Å². The summed E-state index contributed by atoms with van der Waals surface area (Å²) in [4.78, 5) is 28.0. The minimum absolute atomic E-state index is 0.0936. The van der Waals surface area contributed by atoms with Gasteiger partial charge in [0.1, 0.15) is 17.4 Å². The number of hydrogen-bond donors (Lipinski definition) is 1. The van der Waals surface area contributed by atoms with Gasteiger partial charge in [0.05, 0.1) is 12.1 Å². The van der Waals surface area contributed by atoms with Gasteiger partial charge in [0.25, 0.3) is 5.91 Å². The minimum Gasteiger partial charge on any atom is -0.492 e. The van der Waals surface area contributed by atoms with Crippen molar-refractivity contribution in [1.82, 2.24) is 10.3 Å². The molecule has 0 unspecified atom stereocenters. The highest BCUT2D eigenvalue weighted by Gasteiger charge is 2.15. The van der Waals surface area contributed by atoms with Crippen LogP contribution in [0.25, 0.3) is 0 Å². The Hall–Kier alpha value is -2.54. The van der Waals surface area contributed by atoms with Crippen LogP contribution in [0.3, 0.4) is 0 Å². The van der Waals surface area contributed by atoms with E-state index in [2.05, 4.69) is 31.1 Å². The van der Waals surface area contributed by atoms with Gasteiger partial charge in [-0.2, -0.15) is 0 Å². The third-order valence-electron chi connectivity index (χ3n) is 3.93. The molecule has 2 aromatic rings. The lowest BCUT2D eigenvalue weighted by molar-refractivity contribution is -0.124. The number of amides is 1. The number of carbonyl (C=O) groups is 2. The van der Waals surface area contributed by atoms with Crippen molar-refractivity contribution in [2.24, 2.45) is 0 Å². The van der Waals surface area contributed by atoms with Crippen LogP contribution >= 0.6 is 11.8 Å². The summed E-state index contributed by atoms with van der Waals surface area (Å²) in [5.41, 5.74) is 1.68. The van der Waals surface area contributed by atoms with Crippen LogP contribution in [-0.2, 0) is 14.9 Å². The van der Waals surface area contributed by atoms with Crippen LogP contribution in [0.15, 0.2) is 47.6 Å². The van der Waals surface area contributed by atoms with Crippen molar-refractivity contribution < 1.29 is 19.1 Å². The summed E-state index contributed by atoms with van der Waals surface area (Å²) in [6, 6.07) is 11.2. The number of aromatic nitrogens is 1. The first-order valence-corrected chi connectivity index (χ1v) is 10.2. The molecule has 0 atom stereocenters. The average molecular weight is 403 g/mol. The van der Waals surface area contributed by atoms with Gasteiger partial charge in [-0.3, -0.25) is 4.79 Å². The van der Waals surface area contributed by atoms with Gasteiger partial charge in [-0.1, -0.05) is 32.9 Å². The molecule has 0 spiro atoms. The summed E-state index contributed by atoms with van der Waals surface area (Å²) in [6.07, 6.45) is 3.43. The highest BCUT2D eigenvalue weighted by Crippen LogP contribution is 2.24. The predicted molar refractivity (Wildman–Crippen MR) is 110 cm³/mol. The Labute approximate surface area is 170 Å². The van der Waals surface area contributed by atoms with Gasteiger partial charge in [0.15, 0.2) is 6.61 Å². The van der Waals surface area contributed by atoms with Crippen molar-refractivity contribution in [3.8, 4) is 5.75 Å². The van der Waals surface area contributed by atoms with Gasteiger partial charge in [0, 0.05) is 6.20 Å². The van der Waals surface area contributed by atoms with E-state index in [0.29, 0.717) is 23.7 Å². The van der Waals surface area contributed by atoms with Crippen LogP contribution in [0.5, 0.6) is 5.75 Å². The molecule has 1 amide bonds. The molecule has 0 bridgehead atoms. The van der Waals surface area contributed by atoms with E-state index < -0.39 is 5.97 Å². The van der Waals surface area contributed by atoms with Crippen LogP contribution in [-0.4, -0.2) is 42.9 Å². The van der Waals surface area contributed by atoms with Crippen molar-refractivity contribution in [1.29, 1.82) is 0 Å². The lowest BCUT2D eigenvalue weighted by atomic mass is 9.87. The Bertz CT molecular complexity index is 801. The summed E-state index contributed by atoms with van der Waals surface area (Å²) >= 11 is 1.35. The highest BCUT2D eigenvalue weighted by molar-refractivity contribution is 7.98. The Morgan fingerprint density at radius 2 is 1.86 bits per heavy atom. The number of thioether (sulfide) groups is 1. The second-order valence-corrected chi connectivity index (χ2v) is 7.90. The molecule has 1 aromatic carbocycles. The molecule has 150 valence electrons. The minimum atomic E-state index is -0.567. The van der Waals surface area contributed by atoms with Gasteiger partial charge in [-0.25, -0.2) is 9.78 Å². The molecule has 28 heavy (non-hydrogen) atoms. The summed E-state index contributed by atoms with van der Waals surface area (Å²) in [5.74, 6) is -0.202. The van der Waals surface area contributed by atoms with E-state index in [-0.39, 0.29) is 17.9 Å². The molecule has 7 heteroatoms. The zero-order chi connectivity index (χ0) is 20.6. The molecule has 1 heterocycles. The topological polar surface area (TPSA) is 77.5 Å². The molecule has 0 saturated carbocycles. The molecule has 0 radical (unpaired) electrons. The maximum atomic E-state index is 12.1. The third-order valence-corrected chi connectivity index (χ3v) is 4.64. The SMILES string of the molecule is CSc1ncccc1C(=O)OCC(=O)NCCOc1ccc(C(C)(C)C)cc1. The number of hydrogen-bond acceptors (Lipinski definition) is 6. The summed E-state index contributed by atoms with van der Waals surface area (Å²) in [5, 5.41) is 3.23. The van der Waals surface area contributed by atoms with E-state index in [0.717, 1.165) is 5.75 Å². The Morgan fingerprint density at radius 3 is 2.50 bits per heavy atom. The molecule has 6 nitrogen and oxygen atoms in total. The molecule has 0 aliphatic rings. The van der Waals surface area contributed by atoms with E-state index in [1.165, 1.54) is 17.3 Å². The molecular formula is C21H26N2O4S. The fraction of sp³-hybridized carbons (Fsp3) is 0.381. The summed E-state index contributed by atoms with van der Waals surface area (Å²) < 4.78 is 10.7. The zero-order valence-electron chi connectivity index (χ0n) is 16.7. The van der Waals surface area contributed by atoms with Crippen molar-refractivity contribution in [2.45, 2.75) is 31.2 Å². The van der Waals surface area contributed by atoms with Crippen LogP contribution in [0.4, 0.5) is 0 Å². The van der Waals surface area contributed by atoms with Crippen LogP contribution < -0.4 is 10.1 Å². The fourth-order valence-corrected chi connectivity index (χ4v) is 2.92. The number of nitrogens with one attached hydrogen (secondary N) is 1. The number of rotatable bonds is 8. The number of esters is 1. The van der Waals surface area contributed by atoms with Crippen molar-refractivity contribution in [3.63, 3.8) is 0 Å². The van der Waals surface area contributed by atoms with E-state index in [4.69, 9.17) is 9.47 Å². The van der Waals surface area contributed by atoms with Gasteiger partial charge in [0.2, 0.25) is 0 Å². The molecular weight excluding hydrogens is 376 g/mol. The Morgan fingerprint density at radius 1 is 1.14 bits per heavy atom. The van der Waals surface area contributed by atoms with Gasteiger partial charge < -0.3 is 14.8 Å². The maximum Gasteiger partial charge on any atom is 0.341 e. The van der Waals surface area contributed by atoms with Gasteiger partial charge >= 0.3 is 5.97 Å². The molecule has 1 N–H and O–H groups in total. The predicted octanol–water partition coefficient (Wildman–Crippen LogP) is 3.45. The molecule has 2 rings (SSSR count). The van der Waals surface area contributed by atoms with E-state index in [1.54, 1.807) is 18.3 Å². The quantitative estimate of drug-likeness (QED) is 0.414. The lowest BCUT2D eigenvalue weighted by Crippen LogP contribution is -2.32. The van der Waals surface area contributed by atoms with Crippen LogP contribution in [0, 0.1) is 0 Å². The molecule has 0 fully saturated rings. The zero-order valence-corrected chi connectivity index (χ0v) is 17.5. The molecule has 1 aromatic heterocycles. The highest BCUT2D eigenvalue weighted by atomic mass is 32.2. The standard InChI is InChI=1S/C21H26N2O4S/c1-21(2,3)15-7-9-16(10-8-15)26-13-12-22-18(24)14-27-20(25)17-6-5-11-23-19(17)28-4/h5-11H,12-14H2,1-4H3,(H,22,24). The number of pyridine rings is 1. The number of benzene rings is 1. The largest absolute Gasteiger partial charge is 0.492 e. The summed E-state index contributed by atoms with van der Waals surface area (Å²) in [6.45, 7) is 6.76. The Kier molecular flexibility index (Phi) is 7.87. The third kappa shape index (κ3) is 6.56. The first-order chi connectivity index (χ1) is 13.3. The summed E-state index contributed by atoms with van der Waals surface area (Å²) in [7, 11) is 0. The number of carbonyl (C=O) groups excluding carboxylic acids is 2. The Balaban J connectivity index is 1.69. The average Bonchev–Trinajstić information content (AvgIpc) is 2.69. The lowest BCUT2D eigenvalue weighted by Gasteiger charge is -2.19. The second-order valence-electron chi connectivity index (χ2n) is 7.11. The molecule has 0 aliphatic heterocycles. The number of nitrogens with zero attached hydrogens (tertiary/aromatic N) is 1. The molecule has 0 saturated heterocycles. The first kappa shape index (κ1) is 21.8. The van der Waals surface area contributed by atoms with Gasteiger partial charge in [-0.15, -0.1) is 11.8 Å². The van der Waals surface area contributed by atoms with Crippen molar-refractivity contribution in [2.75, 3.05) is 26.0 Å². The smallest absolute Gasteiger partial charge is 0.341 e. The molecule has 0 aliphatic carbocycles. The normalized spacial score (nSPS) is 11.0. The monoisotopic (exact) mass is 402 g/mol. The maximum absolute atomic E-state index is 12.1. The number of ether oxygens (including phenoxy) is 2. The van der Waals surface area contributed by atoms with Crippen LogP contribution in [0.1, 0.15) is 36.7 Å². The van der Waals surface area contributed by atoms with Crippen LogP contribution in [0.2, 0.25) is 0 Å². The van der Waals surface area contributed by atoms with Crippen molar-refractivity contribution >= 4 is 23.6 Å². The second kappa shape index (κ2) is 10.1. The first-order valence-electron chi connectivity index (χ1n) is 8.97.